The summed E-state index contributed by atoms with van der Waals surface area (Å²) in [6.07, 6.45) is 1.29. The van der Waals surface area contributed by atoms with Crippen molar-refractivity contribution in [2.75, 3.05) is 0 Å². The maximum atomic E-state index is 12.3. The van der Waals surface area contributed by atoms with Crippen LogP contribution in [0.5, 0.6) is 0 Å². The van der Waals surface area contributed by atoms with Crippen molar-refractivity contribution in [1.82, 2.24) is 10.1 Å². The first kappa shape index (κ1) is 22.0. The normalized spacial score (nSPS) is 11.7. The lowest BCUT2D eigenvalue weighted by Crippen LogP contribution is -2.22. The number of furan rings is 1. The molecule has 0 aliphatic heterocycles. The summed E-state index contributed by atoms with van der Waals surface area (Å²) in [6, 6.07) is 14.2. The van der Waals surface area contributed by atoms with E-state index in [2.05, 4.69) is 15.2 Å². The number of nitrogens with one attached hydrogen (secondary N) is 2. The van der Waals surface area contributed by atoms with E-state index in [0.717, 1.165) is 5.56 Å². The molecule has 2 aromatic carbocycles. The molecule has 0 saturated carbocycles. The van der Waals surface area contributed by atoms with Gasteiger partial charge in [-0.2, -0.15) is 5.10 Å². The minimum Gasteiger partial charge on any atom is -0.459 e. The van der Waals surface area contributed by atoms with E-state index in [-0.39, 0.29) is 22.0 Å². The molecule has 0 aliphatic carbocycles. The SMILES string of the molecule is Cc1ccc(S(=O)(=O)NCc2ccc(/C=N\NC(=O)c3ccc(Cl)cc3Cl)o2)cc1. The molecule has 0 unspecified atom stereocenters. The number of rotatable bonds is 7. The molecule has 1 heterocycles. The first-order valence-electron chi connectivity index (χ1n) is 8.68. The maximum Gasteiger partial charge on any atom is 0.272 e. The largest absolute Gasteiger partial charge is 0.459 e. The summed E-state index contributed by atoms with van der Waals surface area (Å²) in [7, 11) is -3.65. The van der Waals surface area contributed by atoms with E-state index in [0.29, 0.717) is 16.5 Å². The molecule has 0 spiro atoms. The summed E-state index contributed by atoms with van der Waals surface area (Å²) in [6.45, 7) is 1.85. The summed E-state index contributed by atoms with van der Waals surface area (Å²) in [4.78, 5) is 12.3. The fourth-order valence-electron chi connectivity index (χ4n) is 2.41. The van der Waals surface area contributed by atoms with Crippen LogP contribution in [0.1, 0.15) is 27.4 Å². The van der Waals surface area contributed by atoms with Crippen molar-refractivity contribution >= 4 is 45.3 Å². The Morgan fingerprint density at radius 1 is 1.10 bits per heavy atom. The molecule has 0 atom stereocenters. The van der Waals surface area contributed by atoms with E-state index in [9.17, 15) is 13.2 Å². The van der Waals surface area contributed by atoms with Crippen molar-refractivity contribution in [1.29, 1.82) is 0 Å². The zero-order valence-corrected chi connectivity index (χ0v) is 18.1. The van der Waals surface area contributed by atoms with Crippen molar-refractivity contribution in [2.45, 2.75) is 18.4 Å². The van der Waals surface area contributed by atoms with Crippen molar-refractivity contribution in [3.63, 3.8) is 0 Å². The molecule has 1 amide bonds. The highest BCUT2D eigenvalue weighted by Crippen LogP contribution is 2.20. The van der Waals surface area contributed by atoms with Gasteiger partial charge in [-0.05, 0) is 49.4 Å². The number of hydrazone groups is 1. The summed E-state index contributed by atoms with van der Waals surface area (Å²) in [5, 5.41) is 4.43. The van der Waals surface area contributed by atoms with Gasteiger partial charge < -0.3 is 4.42 Å². The molecule has 0 aliphatic rings. The molecule has 30 heavy (non-hydrogen) atoms. The molecule has 3 aromatic rings. The van der Waals surface area contributed by atoms with Gasteiger partial charge in [0.2, 0.25) is 10.0 Å². The second-order valence-corrected chi connectivity index (χ2v) is 8.88. The van der Waals surface area contributed by atoms with E-state index in [1.807, 2.05) is 6.92 Å². The van der Waals surface area contributed by atoms with E-state index in [1.165, 1.54) is 30.5 Å². The van der Waals surface area contributed by atoms with Crippen LogP contribution in [0.25, 0.3) is 0 Å². The number of hydrogen-bond acceptors (Lipinski definition) is 5. The summed E-state index contributed by atoms with van der Waals surface area (Å²) < 4.78 is 32.6. The lowest BCUT2D eigenvalue weighted by Gasteiger charge is -2.05. The Bertz CT molecular complexity index is 1190. The van der Waals surface area contributed by atoms with Gasteiger partial charge in [0.25, 0.3) is 5.91 Å². The van der Waals surface area contributed by atoms with Crippen molar-refractivity contribution in [3.8, 4) is 0 Å². The minimum atomic E-state index is -3.65. The molecular weight excluding hydrogens is 449 g/mol. The van der Waals surface area contributed by atoms with Crippen LogP contribution in [-0.2, 0) is 16.6 Å². The second-order valence-electron chi connectivity index (χ2n) is 6.26. The van der Waals surface area contributed by atoms with E-state index in [4.69, 9.17) is 27.6 Å². The lowest BCUT2D eigenvalue weighted by atomic mass is 10.2. The van der Waals surface area contributed by atoms with Gasteiger partial charge in [0.15, 0.2) is 0 Å². The highest BCUT2D eigenvalue weighted by molar-refractivity contribution is 7.89. The van der Waals surface area contributed by atoms with Crippen molar-refractivity contribution in [3.05, 3.63) is 87.3 Å². The molecular formula is C20H17Cl2N3O4S. The van der Waals surface area contributed by atoms with Crippen LogP contribution >= 0.6 is 23.2 Å². The number of amides is 1. The summed E-state index contributed by atoms with van der Waals surface area (Å²) in [5.41, 5.74) is 3.52. The van der Waals surface area contributed by atoms with Crippen LogP contribution in [0, 0.1) is 6.92 Å². The highest BCUT2D eigenvalue weighted by atomic mass is 35.5. The fourth-order valence-corrected chi connectivity index (χ4v) is 3.90. The molecule has 0 bridgehead atoms. The fraction of sp³-hybridized carbons (Fsp3) is 0.100. The standard InChI is InChI=1S/C20H17Cl2N3O4S/c1-13-2-7-17(8-3-13)30(27,28)24-12-16-6-5-15(29-16)11-23-25-20(26)18-9-4-14(21)10-19(18)22/h2-11,24H,12H2,1H3,(H,25,26)/b23-11-. The molecule has 1 aromatic heterocycles. The molecule has 0 fully saturated rings. The molecule has 2 N–H and O–H groups in total. The minimum absolute atomic E-state index is 0.0310. The quantitative estimate of drug-likeness (QED) is 0.404. The average molecular weight is 466 g/mol. The molecule has 3 rings (SSSR count). The number of carbonyl (C=O) groups excluding carboxylic acids is 1. The molecule has 156 valence electrons. The number of sulfonamides is 1. The Morgan fingerprint density at radius 3 is 2.53 bits per heavy atom. The van der Waals surface area contributed by atoms with Crippen molar-refractivity contribution in [2.24, 2.45) is 5.10 Å². The van der Waals surface area contributed by atoms with Crippen LogP contribution in [0.2, 0.25) is 10.0 Å². The van der Waals surface area contributed by atoms with Gasteiger partial charge in [0.05, 0.1) is 28.2 Å². The second kappa shape index (κ2) is 9.44. The molecule has 0 saturated heterocycles. The third kappa shape index (κ3) is 5.70. The smallest absolute Gasteiger partial charge is 0.272 e. The van der Waals surface area contributed by atoms with Gasteiger partial charge in [-0.3, -0.25) is 4.79 Å². The first-order chi connectivity index (χ1) is 14.2. The molecule has 0 radical (unpaired) electrons. The number of nitrogens with zero attached hydrogens (tertiary/aromatic N) is 1. The van der Waals surface area contributed by atoms with Crippen LogP contribution in [0.3, 0.4) is 0 Å². The van der Waals surface area contributed by atoms with E-state index in [1.54, 1.807) is 30.3 Å². The number of hydrogen-bond donors (Lipinski definition) is 2. The zero-order valence-electron chi connectivity index (χ0n) is 15.7. The topological polar surface area (TPSA) is 101 Å². The highest BCUT2D eigenvalue weighted by Gasteiger charge is 2.14. The number of halogens is 2. The molecule has 7 nitrogen and oxygen atoms in total. The van der Waals surface area contributed by atoms with Gasteiger partial charge >= 0.3 is 0 Å². The Balaban J connectivity index is 1.57. The van der Waals surface area contributed by atoms with Gasteiger partial charge in [-0.25, -0.2) is 18.6 Å². The third-order valence-corrected chi connectivity index (χ3v) is 5.95. The Hall–Kier alpha value is -2.65. The lowest BCUT2D eigenvalue weighted by molar-refractivity contribution is 0.0955. The Kier molecular flexibility index (Phi) is 6.94. The number of aryl methyl sites for hydroxylation is 1. The average Bonchev–Trinajstić information content (AvgIpc) is 3.14. The van der Waals surface area contributed by atoms with Crippen LogP contribution in [0.15, 0.2) is 69.0 Å². The van der Waals surface area contributed by atoms with Crippen LogP contribution < -0.4 is 10.1 Å². The number of benzene rings is 2. The van der Waals surface area contributed by atoms with Crippen LogP contribution in [0.4, 0.5) is 0 Å². The maximum absolute atomic E-state index is 12.3. The Morgan fingerprint density at radius 2 is 1.83 bits per heavy atom. The van der Waals surface area contributed by atoms with Gasteiger partial charge in [-0.1, -0.05) is 40.9 Å². The number of carbonyl (C=O) groups is 1. The predicted molar refractivity (Wildman–Crippen MR) is 115 cm³/mol. The van der Waals surface area contributed by atoms with Crippen molar-refractivity contribution < 1.29 is 17.6 Å². The molecule has 10 heteroatoms. The van der Waals surface area contributed by atoms with Crippen LogP contribution in [-0.4, -0.2) is 20.5 Å². The third-order valence-electron chi connectivity index (χ3n) is 3.98. The van der Waals surface area contributed by atoms with Gasteiger partial charge in [0.1, 0.15) is 11.5 Å². The zero-order chi connectivity index (χ0) is 21.7. The van der Waals surface area contributed by atoms with E-state index >= 15 is 0 Å². The van der Waals surface area contributed by atoms with Gasteiger partial charge in [-0.15, -0.1) is 0 Å². The summed E-state index contributed by atoms with van der Waals surface area (Å²) in [5.74, 6) is 0.215. The predicted octanol–water partition coefficient (Wildman–Crippen LogP) is 4.14. The first-order valence-corrected chi connectivity index (χ1v) is 10.9. The monoisotopic (exact) mass is 465 g/mol. The van der Waals surface area contributed by atoms with E-state index < -0.39 is 15.9 Å². The van der Waals surface area contributed by atoms with Gasteiger partial charge in [0, 0.05) is 5.02 Å². The Labute approximate surface area is 183 Å². The summed E-state index contributed by atoms with van der Waals surface area (Å²) >= 11 is 11.8.